The molecule has 57 heavy (non-hydrogen) atoms. The first-order valence-corrected chi connectivity index (χ1v) is 19.6. The van der Waals surface area contributed by atoms with Crippen LogP contribution in [0.2, 0.25) is 0 Å². The van der Waals surface area contributed by atoms with Crippen LogP contribution < -0.4 is 49.1 Å². The quantitative estimate of drug-likeness (QED) is 0.114. The first kappa shape index (κ1) is 45.9. The normalized spacial score (nSPS) is 26.8. The van der Waals surface area contributed by atoms with Gasteiger partial charge in [-0.1, -0.05) is 33.7 Å². The number of benzene rings is 1. The summed E-state index contributed by atoms with van der Waals surface area (Å²) in [6.45, 7) is -2.00. The Kier molecular flexibility index (Phi) is 17.4. The number of aliphatic carboxylic acids is 1. The summed E-state index contributed by atoms with van der Waals surface area (Å²) in [5.74, 6) is -11.6. The van der Waals surface area contributed by atoms with Gasteiger partial charge in [0, 0.05) is 30.9 Å². The molecule has 14 N–H and O–H groups in total. The van der Waals surface area contributed by atoms with Crippen molar-refractivity contribution >= 4 is 80.7 Å². The molecule has 1 aromatic carbocycles. The zero-order valence-electron chi connectivity index (χ0n) is 30.1. The standard InChI is InChI=1S/C32H43FN10O12S2/c33-15-3-1-2-14(4-15)5-18-29(52)38-10-25(47)43-11-16(44)6-22(43)32(55)41-19(7-23(35)45)31(54)42-21(27(36)50)13-57-56-12-17(34)28(51)40-20(8-26(48)49)30(53)37-9-24(46)39-18/h1-4,16-22,44H,5-13,34H2,(H2,35,45)(H2,36,50)(H,37,53)(H,38,52)(H,39,46)(H,40,51)(H,41,55)(H,42,54)(H,48,49)/t16-,17-,18+,19+,20-,21-,22+/m1/s1. The van der Waals surface area contributed by atoms with Gasteiger partial charge in [0.15, 0.2) is 0 Å². The smallest absolute Gasteiger partial charge is 0.305 e. The summed E-state index contributed by atoms with van der Waals surface area (Å²) in [5.41, 5.74) is 16.9. The first-order valence-electron chi connectivity index (χ1n) is 17.1. The predicted molar refractivity (Wildman–Crippen MR) is 198 cm³/mol. The highest BCUT2D eigenvalue weighted by Gasteiger charge is 2.41. The van der Waals surface area contributed by atoms with E-state index in [4.69, 9.17) is 17.2 Å². The van der Waals surface area contributed by atoms with Crippen molar-refractivity contribution in [2.75, 3.05) is 31.1 Å². The fourth-order valence-corrected chi connectivity index (χ4v) is 7.79. The number of carbonyl (C=O) groups is 10. The molecule has 2 aliphatic heterocycles. The molecular formula is C32H43FN10O12S2. The second-order valence-electron chi connectivity index (χ2n) is 12.9. The minimum absolute atomic E-state index is 0.169. The number of nitrogens with two attached hydrogens (primary N) is 3. The highest BCUT2D eigenvalue weighted by molar-refractivity contribution is 8.76. The Bertz CT molecular complexity index is 1740. The molecule has 7 atom stereocenters. The summed E-state index contributed by atoms with van der Waals surface area (Å²) in [6.07, 6.45) is -3.54. The Morgan fingerprint density at radius 2 is 1.44 bits per heavy atom. The van der Waals surface area contributed by atoms with Gasteiger partial charge < -0.3 is 64.2 Å². The maximum atomic E-state index is 14.0. The maximum absolute atomic E-state index is 14.0. The lowest BCUT2D eigenvalue weighted by Crippen LogP contribution is -2.58. The van der Waals surface area contributed by atoms with E-state index in [1.807, 2.05) is 0 Å². The molecule has 0 saturated carbocycles. The highest BCUT2D eigenvalue weighted by atomic mass is 33.1. The Morgan fingerprint density at radius 1 is 0.807 bits per heavy atom. The van der Waals surface area contributed by atoms with Gasteiger partial charge in [0.05, 0.1) is 38.1 Å². The summed E-state index contributed by atoms with van der Waals surface area (Å²) in [4.78, 5) is 129. The van der Waals surface area contributed by atoms with E-state index in [9.17, 15) is 62.5 Å². The topological polar surface area (TPSA) is 365 Å². The van der Waals surface area contributed by atoms with Gasteiger partial charge in [0.2, 0.25) is 53.2 Å². The Hall–Kier alpha value is -5.53. The lowest BCUT2D eigenvalue weighted by Gasteiger charge is -2.27. The van der Waals surface area contributed by atoms with Crippen molar-refractivity contribution in [3.8, 4) is 0 Å². The number of primary amides is 2. The summed E-state index contributed by atoms with van der Waals surface area (Å²) >= 11 is 0. The highest BCUT2D eigenvalue weighted by Crippen LogP contribution is 2.23. The number of nitrogens with one attached hydrogen (secondary N) is 6. The number of halogens is 1. The summed E-state index contributed by atoms with van der Waals surface area (Å²) in [5, 5.41) is 33.3. The number of carbonyl (C=O) groups excluding carboxylic acids is 9. The lowest BCUT2D eigenvalue weighted by atomic mass is 10.0. The SMILES string of the molecule is NC(=O)C[C@@H]1NC(=O)[C@@H]2C[C@@H](O)CN2C(=O)CNC(=O)[C@H](Cc2cccc(F)c2)NC(=O)CNC(=O)[C@@H](CC(=O)O)NC(=O)[C@H](N)CSSC[C@H](C(N)=O)NC1=O. The van der Waals surface area contributed by atoms with E-state index < -0.39 is 133 Å². The molecule has 9 amide bonds. The van der Waals surface area contributed by atoms with Crippen molar-refractivity contribution in [2.24, 2.45) is 17.2 Å². The number of fused-ring (bicyclic) bond motifs is 1. The van der Waals surface area contributed by atoms with Crippen LogP contribution in [0.3, 0.4) is 0 Å². The fraction of sp³-hybridized carbons (Fsp3) is 0.500. The van der Waals surface area contributed by atoms with E-state index in [-0.39, 0.29) is 36.5 Å². The summed E-state index contributed by atoms with van der Waals surface area (Å²) in [6, 6.07) is -4.03. The van der Waals surface area contributed by atoms with Gasteiger partial charge in [0.25, 0.3) is 0 Å². The van der Waals surface area contributed by atoms with Crippen LogP contribution >= 0.6 is 21.6 Å². The number of nitrogens with zero attached hydrogens (tertiary/aromatic N) is 1. The Balaban J connectivity index is 1.92. The third kappa shape index (κ3) is 14.8. The van der Waals surface area contributed by atoms with Crippen LogP contribution in [0.15, 0.2) is 24.3 Å². The molecule has 0 aromatic heterocycles. The molecule has 0 aliphatic carbocycles. The van der Waals surface area contributed by atoms with Crippen LogP contribution in [-0.2, 0) is 54.4 Å². The average molecular weight is 843 g/mol. The maximum Gasteiger partial charge on any atom is 0.305 e. The van der Waals surface area contributed by atoms with Crippen LogP contribution in [0.4, 0.5) is 4.39 Å². The van der Waals surface area contributed by atoms with E-state index in [0.717, 1.165) is 38.6 Å². The number of aliphatic hydroxyl groups excluding tert-OH is 1. The van der Waals surface area contributed by atoms with Crippen molar-refractivity contribution in [1.29, 1.82) is 0 Å². The summed E-state index contributed by atoms with van der Waals surface area (Å²) in [7, 11) is 1.86. The van der Waals surface area contributed by atoms with Gasteiger partial charge in [0.1, 0.15) is 36.0 Å². The minimum atomic E-state index is -1.71. The van der Waals surface area contributed by atoms with Crippen LogP contribution in [0.5, 0.6) is 0 Å². The number of aliphatic hydroxyl groups is 1. The van der Waals surface area contributed by atoms with Crippen molar-refractivity contribution in [3.63, 3.8) is 0 Å². The number of carboxylic acid groups (broad SMARTS) is 1. The van der Waals surface area contributed by atoms with Crippen LogP contribution in [0, 0.1) is 5.82 Å². The predicted octanol–water partition coefficient (Wildman–Crippen LogP) is -5.94. The van der Waals surface area contributed by atoms with Crippen molar-refractivity contribution in [1.82, 2.24) is 36.8 Å². The van der Waals surface area contributed by atoms with Gasteiger partial charge >= 0.3 is 5.97 Å². The molecule has 1 aromatic rings. The molecule has 2 heterocycles. The Labute approximate surface area is 331 Å². The molecule has 2 fully saturated rings. The largest absolute Gasteiger partial charge is 0.481 e. The van der Waals surface area contributed by atoms with Crippen LogP contribution in [0.1, 0.15) is 24.8 Å². The van der Waals surface area contributed by atoms with Crippen molar-refractivity contribution in [2.45, 2.75) is 68.0 Å². The number of hydrogen-bond acceptors (Lipinski definition) is 14. The fourth-order valence-electron chi connectivity index (χ4n) is 5.49. The molecule has 2 aliphatic rings. The van der Waals surface area contributed by atoms with Gasteiger partial charge in [-0.15, -0.1) is 0 Å². The average Bonchev–Trinajstić information content (AvgIpc) is 3.53. The van der Waals surface area contributed by atoms with E-state index >= 15 is 0 Å². The monoisotopic (exact) mass is 842 g/mol. The zero-order chi connectivity index (χ0) is 42.4. The molecule has 3 rings (SSSR count). The van der Waals surface area contributed by atoms with Gasteiger partial charge in [-0.3, -0.25) is 47.9 Å². The molecule has 22 nitrogen and oxygen atoms in total. The number of rotatable bonds is 7. The second-order valence-corrected chi connectivity index (χ2v) is 15.4. The van der Waals surface area contributed by atoms with E-state index in [2.05, 4.69) is 31.9 Å². The Morgan fingerprint density at radius 3 is 2.09 bits per heavy atom. The van der Waals surface area contributed by atoms with Crippen LogP contribution in [0.25, 0.3) is 0 Å². The van der Waals surface area contributed by atoms with Gasteiger partial charge in [-0.25, -0.2) is 4.39 Å². The van der Waals surface area contributed by atoms with Crippen LogP contribution in [-0.4, -0.2) is 148 Å². The minimum Gasteiger partial charge on any atom is -0.481 e. The lowest BCUT2D eigenvalue weighted by molar-refractivity contribution is -0.141. The third-order valence-electron chi connectivity index (χ3n) is 8.33. The zero-order valence-corrected chi connectivity index (χ0v) is 31.7. The first-order chi connectivity index (χ1) is 26.8. The molecule has 25 heteroatoms. The number of carboxylic acids is 1. The van der Waals surface area contributed by atoms with E-state index in [0.29, 0.717) is 0 Å². The molecule has 0 unspecified atom stereocenters. The molecular weight excluding hydrogens is 800 g/mol. The molecule has 0 spiro atoms. The molecule has 0 bridgehead atoms. The van der Waals surface area contributed by atoms with Crippen molar-refractivity contribution in [3.05, 3.63) is 35.6 Å². The summed E-state index contributed by atoms with van der Waals surface area (Å²) < 4.78 is 14.0. The van der Waals surface area contributed by atoms with Gasteiger partial charge in [-0.2, -0.15) is 0 Å². The van der Waals surface area contributed by atoms with Crippen molar-refractivity contribution < 1.29 is 62.5 Å². The van der Waals surface area contributed by atoms with Gasteiger partial charge in [-0.05, 0) is 17.7 Å². The third-order valence-corrected chi connectivity index (χ3v) is 10.8. The number of hydrogen-bond donors (Lipinski definition) is 11. The second kappa shape index (κ2) is 21.7. The molecule has 0 radical (unpaired) electrons. The molecule has 2 saturated heterocycles. The van der Waals surface area contributed by atoms with E-state index in [1.165, 1.54) is 12.1 Å². The van der Waals surface area contributed by atoms with E-state index in [1.54, 1.807) is 0 Å². The molecule has 312 valence electrons. The number of amides is 9.